The molecule has 0 aromatic heterocycles. The highest BCUT2D eigenvalue weighted by Crippen LogP contribution is 2.22. The van der Waals surface area contributed by atoms with Crippen LogP contribution in [-0.2, 0) is 0 Å². The minimum Gasteiger partial charge on any atom is -0.316 e. The quantitative estimate of drug-likeness (QED) is 0.691. The largest absolute Gasteiger partial charge is 0.316 e. The van der Waals surface area contributed by atoms with E-state index < -0.39 is 0 Å². The van der Waals surface area contributed by atoms with Crippen molar-refractivity contribution >= 4 is 0 Å². The summed E-state index contributed by atoms with van der Waals surface area (Å²) in [6, 6.07) is 10.9. The zero-order valence-corrected chi connectivity index (χ0v) is 8.00. The molecule has 2 rings (SSSR count). The normalized spacial score (nSPS) is 23.8. The second-order valence-electron chi connectivity index (χ2n) is 3.81. The molecule has 13 heavy (non-hydrogen) atoms. The number of hydrogen-bond acceptors (Lipinski definition) is 1. The van der Waals surface area contributed by atoms with Gasteiger partial charge >= 0.3 is 0 Å². The third kappa shape index (κ3) is 2.31. The fourth-order valence-corrected chi connectivity index (χ4v) is 2.03. The predicted octanol–water partition coefficient (Wildman–Crippen LogP) is 2.54. The van der Waals surface area contributed by atoms with Gasteiger partial charge in [-0.15, -0.1) is 0 Å². The highest BCUT2D eigenvalue weighted by molar-refractivity contribution is 5.19. The van der Waals surface area contributed by atoms with Crippen LogP contribution in [0, 0.1) is 0 Å². The third-order valence-electron chi connectivity index (χ3n) is 2.82. The fourth-order valence-electron chi connectivity index (χ4n) is 2.03. The molecule has 1 atom stereocenters. The SMILES string of the molecule is c1ccc([C@@H]2CCCCNC2)cc1. The average molecular weight is 175 g/mol. The molecule has 0 spiro atoms. The molecule has 0 amide bonds. The van der Waals surface area contributed by atoms with Crippen LogP contribution in [0.3, 0.4) is 0 Å². The fraction of sp³-hybridized carbons (Fsp3) is 0.500. The molecular weight excluding hydrogens is 158 g/mol. The molecule has 0 radical (unpaired) electrons. The van der Waals surface area contributed by atoms with Crippen LogP contribution in [0.4, 0.5) is 0 Å². The standard InChI is InChI=1S/C12H17N/c1-2-6-11(7-3-1)12-8-4-5-9-13-10-12/h1-3,6-7,12-13H,4-5,8-10H2/t12-/m1/s1. The van der Waals surface area contributed by atoms with Gasteiger partial charge in [-0.2, -0.15) is 0 Å². The van der Waals surface area contributed by atoms with Gasteiger partial charge in [0.05, 0.1) is 0 Å². The van der Waals surface area contributed by atoms with Gasteiger partial charge in [0.25, 0.3) is 0 Å². The Morgan fingerprint density at radius 2 is 1.92 bits per heavy atom. The Bertz CT molecular complexity index is 235. The summed E-state index contributed by atoms with van der Waals surface area (Å²) in [5, 5.41) is 3.50. The van der Waals surface area contributed by atoms with Crippen molar-refractivity contribution in [1.29, 1.82) is 0 Å². The van der Waals surface area contributed by atoms with Gasteiger partial charge in [-0.05, 0) is 30.9 Å². The van der Waals surface area contributed by atoms with Crippen LogP contribution in [-0.4, -0.2) is 13.1 Å². The van der Waals surface area contributed by atoms with Gasteiger partial charge in [-0.1, -0.05) is 36.8 Å². The molecule has 1 aromatic carbocycles. The first-order chi connectivity index (χ1) is 6.47. The lowest BCUT2D eigenvalue weighted by Crippen LogP contribution is -2.19. The number of rotatable bonds is 1. The van der Waals surface area contributed by atoms with Crippen LogP contribution < -0.4 is 5.32 Å². The second kappa shape index (κ2) is 4.43. The minimum absolute atomic E-state index is 0.740. The molecule has 1 fully saturated rings. The van der Waals surface area contributed by atoms with E-state index in [1.807, 2.05) is 0 Å². The number of nitrogens with one attached hydrogen (secondary N) is 1. The molecule has 1 aliphatic rings. The molecule has 1 saturated heterocycles. The van der Waals surface area contributed by atoms with Crippen molar-refractivity contribution in [3.8, 4) is 0 Å². The van der Waals surface area contributed by atoms with Crippen molar-refractivity contribution in [2.24, 2.45) is 0 Å². The van der Waals surface area contributed by atoms with Crippen molar-refractivity contribution in [2.45, 2.75) is 25.2 Å². The van der Waals surface area contributed by atoms with E-state index in [0.717, 1.165) is 12.5 Å². The van der Waals surface area contributed by atoms with Crippen molar-refractivity contribution in [1.82, 2.24) is 5.32 Å². The maximum absolute atomic E-state index is 3.50. The van der Waals surface area contributed by atoms with Gasteiger partial charge in [0.1, 0.15) is 0 Å². The van der Waals surface area contributed by atoms with E-state index in [1.165, 1.54) is 31.4 Å². The Labute approximate surface area is 80.2 Å². The smallest absolute Gasteiger partial charge is 0.00201 e. The zero-order chi connectivity index (χ0) is 8.93. The van der Waals surface area contributed by atoms with Crippen LogP contribution in [0.15, 0.2) is 30.3 Å². The Hall–Kier alpha value is -0.820. The van der Waals surface area contributed by atoms with Crippen LogP contribution in [0.2, 0.25) is 0 Å². The lowest BCUT2D eigenvalue weighted by Gasteiger charge is -2.13. The molecule has 1 nitrogen and oxygen atoms in total. The molecule has 70 valence electrons. The molecule has 1 heteroatoms. The third-order valence-corrected chi connectivity index (χ3v) is 2.82. The van der Waals surface area contributed by atoms with E-state index >= 15 is 0 Å². The zero-order valence-electron chi connectivity index (χ0n) is 8.00. The van der Waals surface area contributed by atoms with Crippen LogP contribution in [0.5, 0.6) is 0 Å². The van der Waals surface area contributed by atoms with Gasteiger partial charge in [0.2, 0.25) is 0 Å². The molecule has 0 saturated carbocycles. The Kier molecular flexibility index (Phi) is 2.98. The first kappa shape index (κ1) is 8.76. The van der Waals surface area contributed by atoms with Crippen molar-refractivity contribution in [3.05, 3.63) is 35.9 Å². The molecule has 0 aliphatic carbocycles. The second-order valence-corrected chi connectivity index (χ2v) is 3.81. The van der Waals surface area contributed by atoms with E-state index in [1.54, 1.807) is 0 Å². The summed E-state index contributed by atoms with van der Waals surface area (Å²) < 4.78 is 0. The van der Waals surface area contributed by atoms with E-state index in [2.05, 4.69) is 35.6 Å². The molecular formula is C12H17N. The van der Waals surface area contributed by atoms with Gasteiger partial charge in [0, 0.05) is 6.54 Å². The van der Waals surface area contributed by atoms with Gasteiger partial charge in [0.15, 0.2) is 0 Å². The Morgan fingerprint density at radius 1 is 1.08 bits per heavy atom. The lowest BCUT2D eigenvalue weighted by molar-refractivity contribution is 0.610. The summed E-state index contributed by atoms with van der Waals surface area (Å²) in [6.45, 7) is 2.35. The first-order valence-electron chi connectivity index (χ1n) is 5.22. The molecule has 1 N–H and O–H groups in total. The summed E-state index contributed by atoms with van der Waals surface area (Å²) in [5.41, 5.74) is 1.50. The van der Waals surface area contributed by atoms with Crippen LogP contribution in [0.1, 0.15) is 30.7 Å². The van der Waals surface area contributed by atoms with Crippen molar-refractivity contribution in [3.63, 3.8) is 0 Å². The van der Waals surface area contributed by atoms with Crippen molar-refractivity contribution < 1.29 is 0 Å². The van der Waals surface area contributed by atoms with E-state index in [-0.39, 0.29) is 0 Å². The van der Waals surface area contributed by atoms with Crippen molar-refractivity contribution in [2.75, 3.05) is 13.1 Å². The van der Waals surface area contributed by atoms with Gasteiger partial charge < -0.3 is 5.32 Å². The maximum atomic E-state index is 3.50. The van der Waals surface area contributed by atoms with Crippen LogP contribution >= 0.6 is 0 Å². The summed E-state index contributed by atoms with van der Waals surface area (Å²) in [6.07, 6.45) is 4.05. The topological polar surface area (TPSA) is 12.0 Å². The van der Waals surface area contributed by atoms with E-state index in [0.29, 0.717) is 0 Å². The molecule has 1 aliphatic heterocycles. The maximum Gasteiger partial charge on any atom is 0.00201 e. The number of hydrogen-bond donors (Lipinski definition) is 1. The van der Waals surface area contributed by atoms with Gasteiger partial charge in [-0.3, -0.25) is 0 Å². The Balaban J connectivity index is 2.06. The molecule has 0 bridgehead atoms. The highest BCUT2D eigenvalue weighted by Gasteiger charge is 2.12. The summed E-state index contributed by atoms with van der Waals surface area (Å²) >= 11 is 0. The number of benzene rings is 1. The predicted molar refractivity (Wildman–Crippen MR) is 55.9 cm³/mol. The Morgan fingerprint density at radius 3 is 2.77 bits per heavy atom. The average Bonchev–Trinajstić information content (AvgIpc) is 2.47. The summed E-state index contributed by atoms with van der Waals surface area (Å²) in [5.74, 6) is 0.740. The van der Waals surface area contributed by atoms with Gasteiger partial charge in [-0.25, -0.2) is 0 Å². The molecule has 1 heterocycles. The highest BCUT2D eigenvalue weighted by atomic mass is 14.9. The first-order valence-corrected chi connectivity index (χ1v) is 5.22. The lowest BCUT2D eigenvalue weighted by atomic mass is 9.95. The van der Waals surface area contributed by atoms with E-state index in [9.17, 15) is 0 Å². The summed E-state index contributed by atoms with van der Waals surface area (Å²) in [4.78, 5) is 0. The molecule has 1 aromatic rings. The monoisotopic (exact) mass is 175 g/mol. The van der Waals surface area contributed by atoms with E-state index in [4.69, 9.17) is 0 Å². The summed E-state index contributed by atoms with van der Waals surface area (Å²) in [7, 11) is 0. The minimum atomic E-state index is 0.740. The molecule has 0 unspecified atom stereocenters. The van der Waals surface area contributed by atoms with Crippen LogP contribution in [0.25, 0.3) is 0 Å².